The number of sulfonamides is 1. The summed E-state index contributed by atoms with van der Waals surface area (Å²) in [5, 5.41) is 2.70. The fourth-order valence-corrected chi connectivity index (χ4v) is 3.78. The highest BCUT2D eigenvalue weighted by molar-refractivity contribution is 7.89. The van der Waals surface area contributed by atoms with E-state index in [1.807, 2.05) is 51.1 Å². The van der Waals surface area contributed by atoms with Gasteiger partial charge in [-0.2, -0.15) is 4.72 Å². The van der Waals surface area contributed by atoms with Crippen LogP contribution in [0.25, 0.3) is 0 Å². The van der Waals surface area contributed by atoms with Gasteiger partial charge in [0.2, 0.25) is 15.9 Å². The summed E-state index contributed by atoms with van der Waals surface area (Å²) in [6, 6.07) is 15.1. The summed E-state index contributed by atoms with van der Waals surface area (Å²) in [6.07, 6.45) is 0.392. The van der Waals surface area contributed by atoms with Crippen LogP contribution in [0.4, 0.5) is 0 Å². The molecule has 0 aromatic heterocycles. The van der Waals surface area contributed by atoms with Crippen LogP contribution < -0.4 is 10.0 Å². The van der Waals surface area contributed by atoms with Crippen molar-refractivity contribution in [2.45, 2.75) is 38.1 Å². The van der Waals surface area contributed by atoms with Gasteiger partial charge in [-0.3, -0.25) is 4.79 Å². The zero-order valence-electron chi connectivity index (χ0n) is 16.4. The van der Waals surface area contributed by atoms with Gasteiger partial charge in [0.05, 0.1) is 11.4 Å². The first-order valence-electron chi connectivity index (χ1n) is 9.18. The molecule has 2 aromatic rings. The topological polar surface area (TPSA) is 75.3 Å². The highest BCUT2D eigenvalue weighted by atomic mass is 32.2. The predicted octanol–water partition coefficient (Wildman–Crippen LogP) is 2.86. The Labute approximate surface area is 167 Å². The monoisotopic (exact) mass is 398 g/mol. The molecule has 6 heteroatoms. The number of benzene rings is 2. The summed E-state index contributed by atoms with van der Waals surface area (Å²) in [7, 11) is -3.79. The summed E-state index contributed by atoms with van der Waals surface area (Å²) < 4.78 is 27.8. The molecule has 0 bridgehead atoms. The second kappa shape index (κ2) is 10.1. The fourth-order valence-electron chi connectivity index (χ4n) is 2.58. The van der Waals surface area contributed by atoms with E-state index in [-0.39, 0.29) is 23.3 Å². The number of amides is 1. The molecular formula is C22H26N2O3S. The average molecular weight is 399 g/mol. The lowest BCUT2D eigenvalue weighted by Crippen LogP contribution is -2.47. The quantitative estimate of drug-likeness (QED) is 0.704. The van der Waals surface area contributed by atoms with Crippen molar-refractivity contribution < 1.29 is 13.2 Å². The summed E-state index contributed by atoms with van der Waals surface area (Å²) in [5.74, 6) is 5.60. The largest absolute Gasteiger partial charge is 0.344 e. The minimum atomic E-state index is -3.79. The van der Waals surface area contributed by atoms with Crippen LogP contribution in [-0.4, -0.2) is 26.9 Å². The van der Waals surface area contributed by atoms with Crippen LogP contribution in [-0.2, 0) is 14.8 Å². The molecule has 28 heavy (non-hydrogen) atoms. The number of nitrogens with one attached hydrogen (secondary N) is 2. The SMILES string of the molecule is Cc1ccc(S(=O)(=O)NC(CC(C)C)C(=O)NCC#Cc2ccccc2)cc1. The molecule has 2 N–H and O–H groups in total. The number of aryl methyl sites for hydroxylation is 1. The molecule has 2 rings (SSSR count). The molecule has 0 saturated carbocycles. The number of rotatable bonds is 7. The smallest absolute Gasteiger partial charge is 0.241 e. The minimum absolute atomic E-state index is 0.142. The molecule has 0 aliphatic heterocycles. The summed E-state index contributed by atoms with van der Waals surface area (Å²) in [6.45, 7) is 5.91. The third-order valence-electron chi connectivity index (χ3n) is 4.01. The molecule has 2 aromatic carbocycles. The predicted molar refractivity (Wildman–Crippen MR) is 111 cm³/mol. The van der Waals surface area contributed by atoms with Gasteiger partial charge in [0, 0.05) is 5.56 Å². The van der Waals surface area contributed by atoms with E-state index in [1.54, 1.807) is 12.1 Å². The minimum Gasteiger partial charge on any atom is -0.344 e. The van der Waals surface area contributed by atoms with Crippen LogP contribution >= 0.6 is 0 Å². The van der Waals surface area contributed by atoms with Crippen molar-refractivity contribution >= 4 is 15.9 Å². The van der Waals surface area contributed by atoms with Gasteiger partial charge in [-0.05, 0) is 43.5 Å². The normalized spacial score (nSPS) is 12.1. The Bertz CT molecular complexity index is 941. The van der Waals surface area contributed by atoms with Crippen molar-refractivity contribution in [3.8, 4) is 11.8 Å². The molecule has 0 radical (unpaired) electrons. The Morgan fingerprint density at radius 1 is 1.04 bits per heavy atom. The standard InChI is InChI=1S/C22H26N2O3S/c1-17(2)16-21(24-28(26,27)20-13-11-18(3)12-14-20)22(25)23-15-7-10-19-8-5-4-6-9-19/h4-6,8-9,11-14,17,21,24H,15-16H2,1-3H3,(H,23,25). The van der Waals surface area contributed by atoms with E-state index in [0.29, 0.717) is 6.42 Å². The molecule has 0 heterocycles. The van der Waals surface area contributed by atoms with Crippen LogP contribution in [0.2, 0.25) is 0 Å². The average Bonchev–Trinajstić information content (AvgIpc) is 2.65. The van der Waals surface area contributed by atoms with Crippen LogP contribution in [0.5, 0.6) is 0 Å². The van der Waals surface area contributed by atoms with Crippen molar-refractivity contribution in [3.05, 3.63) is 65.7 Å². The fraction of sp³-hybridized carbons (Fsp3) is 0.318. The lowest BCUT2D eigenvalue weighted by Gasteiger charge is -2.19. The summed E-state index contributed by atoms with van der Waals surface area (Å²) >= 11 is 0. The molecule has 0 fully saturated rings. The summed E-state index contributed by atoms with van der Waals surface area (Å²) in [5.41, 5.74) is 1.82. The van der Waals surface area contributed by atoms with E-state index in [1.165, 1.54) is 12.1 Å². The maximum Gasteiger partial charge on any atom is 0.241 e. The van der Waals surface area contributed by atoms with Crippen molar-refractivity contribution in [1.82, 2.24) is 10.0 Å². The summed E-state index contributed by atoms with van der Waals surface area (Å²) in [4.78, 5) is 12.7. The third-order valence-corrected chi connectivity index (χ3v) is 5.50. The van der Waals surface area contributed by atoms with E-state index in [4.69, 9.17) is 0 Å². The molecule has 0 aliphatic rings. The molecule has 148 valence electrons. The lowest BCUT2D eigenvalue weighted by molar-refractivity contribution is -0.122. The van der Waals surface area contributed by atoms with Crippen molar-refractivity contribution in [2.24, 2.45) is 5.92 Å². The molecule has 1 unspecified atom stereocenters. The maximum absolute atomic E-state index is 12.6. The maximum atomic E-state index is 12.6. The highest BCUT2D eigenvalue weighted by Crippen LogP contribution is 2.13. The molecule has 1 amide bonds. The van der Waals surface area contributed by atoms with Gasteiger partial charge in [-0.15, -0.1) is 0 Å². The van der Waals surface area contributed by atoms with Crippen molar-refractivity contribution in [1.29, 1.82) is 0 Å². The Morgan fingerprint density at radius 2 is 1.68 bits per heavy atom. The molecule has 5 nitrogen and oxygen atoms in total. The number of carbonyl (C=O) groups is 1. The van der Waals surface area contributed by atoms with Gasteiger partial charge in [-0.25, -0.2) is 8.42 Å². The molecular weight excluding hydrogens is 372 g/mol. The first-order valence-corrected chi connectivity index (χ1v) is 10.7. The lowest BCUT2D eigenvalue weighted by atomic mass is 10.0. The van der Waals surface area contributed by atoms with Gasteiger partial charge < -0.3 is 5.32 Å². The Morgan fingerprint density at radius 3 is 2.29 bits per heavy atom. The van der Waals surface area contributed by atoms with Crippen LogP contribution in [0.3, 0.4) is 0 Å². The molecule has 0 aliphatic carbocycles. The van der Waals surface area contributed by atoms with Gasteiger partial charge in [-0.1, -0.05) is 61.6 Å². The second-order valence-electron chi connectivity index (χ2n) is 7.00. The Hall–Kier alpha value is -2.62. The van der Waals surface area contributed by atoms with E-state index in [9.17, 15) is 13.2 Å². The molecule has 1 atom stereocenters. The van der Waals surface area contributed by atoms with Crippen molar-refractivity contribution in [2.75, 3.05) is 6.54 Å². The number of hydrogen-bond acceptors (Lipinski definition) is 3. The zero-order chi connectivity index (χ0) is 20.6. The van der Waals surface area contributed by atoms with Gasteiger partial charge in [0.25, 0.3) is 0 Å². The first-order chi connectivity index (χ1) is 13.3. The molecule has 0 spiro atoms. The van der Waals surface area contributed by atoms with Gasteiger partial charge in [0.1, 0.15) is 6.04 Å². The Balaban J connectivity index is 2.04. The van der Waals surface area contributed by atoms with E-state index in [0.717, 1.165) is 11.1 Å². The van der Waals surface area contributed by atoms with E-state index >= 15 is 0 Å². The highest BCUT2D eigenvalue weighted by Gasteiger charge is 2.26. The van der Waals surface area contributed by atoms with Crippen LogP contribution in [0, 0.1) is 24.7 Å². The zero-order valence-corrected chi connectivity index (χ0v) is 17.2. The van der Waals surface area contributed by atoms with E-state index in [2.05, 4.69) is 21.9 Å². The number of hydrogen-bond donors (Lipinski definition) is 2. The van der Waals surface area contributed by atoms with Crippen LogP contribution in [0.1, 0.15) is 31.4 Å². The molecule has 0 saturated heterocycles. The first kappa shape index (κ1) is 21.7. The number of carbonyl (C=O) groups excluding carboxylic acids is 1. The van der Waals surface area contributed by atoms with Crippen molar-refractivity contribution in [3.63, 3.8) is 0 Å². The third kappa shape index (κ3) is 6.84. The second-order valence-corrected chi connectivity index (χ2v) is 8.72. The van der Waals surface area contributed by atoms with Gasteiger partial charge >= 0.3 is 0 Å². The Kier molecular flexibility index (Phi) is 7.80. The van der Waals surface area contributed by atoms with Crippen LogP contribution in [0.15, 0.2) is 59.5 Å². The van der Waals surface area contributed by atoms with E-state index < -0.39 is 16.1 Å². The van der Waals surface area contributed by atoms with Gasteiger partial charge in [0.15, 0.2) is 0 Å².